The highest BCUT2D eigenvalue weighted by molar-refractivity contribution is 7.07. The fraction of sp³-hybridized carbons (Fsp3) is 0.143. The van der Waals surface area contributed by atoms with Crippen LogP contribution in [0.2, 0.25) is 0 Å². The lowest BCUT2D eigenvalue weighted by atomic mass is 9.90. The number of hydrogen-bond acceptors (Lipinski definition) is 3. The third-order valence-electron chi connectivity index (χ3n) is 4.68. The lowest BCUT2D eigenvalue weighted by molar-refractivity contribution is 0.105. The summed E-state index contributed by atoms with van der Waals surface area (Å²) >= 11 is 1.32. The normalized spacial score (nSPS) is 18.4. The van der Waals surface area contributed by atoms with E-state index >= 15 is 0 Å². The van der Waals surface area contributed by atoms with E-state index < -0.39 is 0 Å². The Labute approximate surface area is 149 Å². The molecule has 1 heterocycles. The molecule has 1 aromatic heterocycles. The Morgan fingerprint density at radius 1 is 1.04 bits per heavy atom. The molecule has 0 saturated carbocycles. The minimum absolute atomic E-state index is 0.00732. The number of carbonyl (C=O) groups excluding carboxylic acids is 1. The van der Waals surface area contributed by atoms with Gasteiger partial charge in [0.05, 0.1) is 4.53 Å². The van der Waals surface area contributed by atoms with E-state index in [-0.39, 0.29) is 17.3 Å². The summed E-state index contributed by atoms with van der Waals surface area (Å²) in [7, 11) is 0. The second kappa shape index (κ2) is 5.97. The largest absolute Gasteiger partial charge is 0.299 e. The third kappa shape index (κ3) is 2.33. The molecule has 1 aliphatic rings. The number of hydrogen-bond donors (Lipinski definition) is 0. The van der Waals surface area contributed by atoms with Gasteiger partial charge in [-0.1, -0.05) is 61.2 Å². The van der Waals surface area contributed by atoms with Crippen LogP contribution in [0.3, 0.4) is 0 Å². The Morgan fingerprint density at radius 2 is 1.72 bits per heavy atom. The number of nitrogens with zero attached hydrogens (tertiary/aromatic N) is 1. The standard InChI is InChI=1S/C21H17NO2S/c1-3-22-20(24)13(2)25-21(22)18-17(14-9-5-4-6-10-14)15-11-7-8-12-16(15)19(18)23/h4-12,17H,2-3H2,1H3/b21-18-. The van der Waals surface area contributed by atoms with E-state index in [1.54, 1.807) is 4.57 Å². The molecule has 1 unspecified atom stereocenters. The molecule has 0 saturated heterocycles. The van der Waals surface area contributed by atoms with Gasteiger partial charge in [0.2, 0.25) is 0 Å². The average molecular weight is 347 g/mol. The minimum Gasteiger partial charge on any atom is -0.299 e. The van der Waals surface area contributed by atoms with Crippen LogP contribution in [0.4, 0.5) is 0 Å². The summed E-state index contributed by atoms with van der Waals surface area (Å²) in [6.45, 7) is 6.29. The quantitative estimate of drug-likeness (QED) is 0.715. The van der Waals surface area contributed by atoms with Crippen molar-refractivity contribution in [2.75, 3.05) is 0 Å². The zero-order valence-corrected chi connectivity index (χ0v) is 14.7. The number of fused-ring (bicyclic) bond motifs is 1. The molecular formula is C21H17NO2S. The molecule has 3 nitrogen and oxygen atoms in total. The molecular weight excluding hydrogens is 330 g/mol. The maximum Gasteiger partial charge on any atom is 0.268 e. The van der Waals surface area contributed by atoms with Crippen LogP contribution >= 0.6 is 11.3 Å². The molecule has 4 rings (SSSR count). The molecule has 1 aliphatic carbocycles. The van der Waals surface area contributed by atoms with Crippen molar-refractivity contribution in [1.29, 1.82) is 0 Å². The Hall–Kier alpha value is -2.72. The SMILES string of the molecule is C=c1s/c(=C2\C(=O)c3ccccc3C2c2ccccc2)n(CC)c1=O. The maximum absolute atomic E-state index is 13.2. The highest BCUT2D eigenvalue weighted by atomic mass is 32.1. The van der Waals surface area contributed by atoms with E-state index in [2.05, 4.69) is 6.58 Å². The first-order valence-corrected chi connectivity index (χ1v) is 9.06. The fourth-order valence-electron chi connectivity index (χ4n) is 3.55. The molecule has 3 aromatic rings. The Kier molecular flexibility index (Phi) is 3.77. The van der Waals surface area contributed by atoms with Crippen LogP contribution in [-0.4, -0.2) is 10.4 Å². The molecule has 0 spiro atoms. The topological polar surface area (TPSA) is 39.1 Å². The van der Waals surface area contributed by atoms with Crippen LogP contribution in [-0.2, 0) is 6.54 Å². The van der Waals surface area contributed by atoms with E-state index in [4.69, 9.17) is 0 Å². The van der Waals surface area contributed by atoms with E-state index in [9.17, 15) is 9.59 Å². The van der Waals surface area contributed by atoms with Gasteiger partial charge in [-0.15, -0.1) is 11.3 Å². The van der Waals surface area contributed by atoms with Gasteiger partial charge >= 0.3 is 0 Å². The fourth-order valence-corrected chi connectivity index (χ4v) is 4.62. The molecule has 0 fully saturated rings. The van der Waals surface area contributed by atoms with E-state index in [0.717, 1.165) is 21.4 Å². The Balaban J connectivity index is 2.14. The molecule has 0 N–H and O–H groups in total. The number of carbonyl (C=O) groups is 1. The summed E-state index contributed by atoms with van der Waals surface area (Å²) in [6, 6.07) is 17.7. The number of ketones is 1. The van der Waals surface area contributed by atoms with E-state index in [0.29, 0.717) is 16.7 Å². The molecule has 2 aromatic carbocycles. The van der Waals surface area contributed by atoms with Crippen molar-refractivity contribution in [3.63, 3.8) is 0 Å². The molecule has 0 amide bonds. The summed E-state index contributed by atoms with van der Waals surface area (Å²) in [6.07, 6.45) is 0. The molecule has 0 aliphatic heterocycles. The average Bonchev–Trinajstić information content (AvgIpc) is 3.10. The monoisotopic (exact) mass is 347 g/mol. The van der Waals surface area contributed by atoms with Gasteiger partial charge in [-0.25, -0.2) is 0 Å². The van der Waals surface area contributed by atoms with Gasteiger partial charge in [0.25, 0.3) is 5.56 Å². The Morgan fingerprint density at radius 3 is 2.44 bits per heavy atom. The van der Waals surface area contributed by atoms with Crippen molar-refractivity contribution in [2.24, 2.45) is 0 Å². The highest BCUT2D eigenvalue weighted by Crippen LogP contribution is 2.42. The number of aromatic nitrogens is 1. The first-order valence-electron chi connectivity index (χ1n) is 8.24. The lowest BCUT2D eigenvalue weighted by Crippen LogP contribution is -2.32. The van der Waals surface area contributed by atoms with Crippen molar-refractivity contribution >= 4 is 29.3 Å². The summed E-state index contributed by atoms with van der Waals surface area (Å²) in [5.41, 5.74) is 3.37. The van der Waals surface area contributed by atoms with Crippen LogP contribution in [0.25, 0.3) is 12.2 Å². The van der Waals surface area contributed by atoms with Gasteiger partial charge in [0, 0.05) is 23.6 Å². The van der Waals surface area contributed by atoms with Crippen LogP contribution in [0, 0.1) is 0 Å². The van der Waals surface area contributed by atoms with Gasteiger partial charge in [-0.05, 0) is 18.1 Å². The smallest absolute Gasteiger partial charge is 0.268 e. The number of benzene rings is 2. The zero-order chi connectivity index (χ0) is 17.6. The highest BCUT2D eigenvalue weighted by Gasteiger charge is 2.37. The zero-order valence-electron chi connectivity index (χ0n) is 13.9. The molecule has 4 heteroatoms. The van der Waals surface area contributed by atoms with Crippen molar-refractivity contribution in [3.05, 3.63) is 90.8 Å². The van der Waals surface area contributed by atoms with Crippen LogP contribution in [0.15, 0.2) is 59.4 Å². The summed E-state index contributed by atoms with van der Waals surface area (Å²) in [4.78, 5) is 25.6. The van der Waals surface area contributed by atoms with Crippen molar-refractivity contribution in [1.82, 2.24) is 4.57 Å². The van der Waals surface area contributed by atoms with E-state index in [1.165, 1.54) is 11.3 Å². The predicted molar refractivity (Wildman–Crippen MR) is 101 cm³/mol. The molecule has 1 atom stereocenters. The summed E-state index contributed by atoms with van der Waals surface area (Å²) < 4.78 is 2.87. The van der Waals surface area contributed by atoms with Gasteiger partial charge in [0.1, 0.15) is 4.66 Å². The summed E-state index contributed by atoms with van der Waals surface area (Å²) in [5.74, 6) is -0.145. The van der Waals surface area contributed by atoms with Gasteiger partial charge < -0.3 is 0 Å². The number of thiazole rings is 1. The molecule has 124 valence electrons. The lowest BCUT2D eigenvalue weighted by Gasteiger charge is -2.13. The van der Waals surface area contributed by atoms with Gasteiger partial charge in [0.15, 0.2) is 5.78 Å². The van der Waals surface area contributed by atoms with Crippen LogP contribution in [0.1, 0.15) is 34.3 Å². The van der Waals surface area contributed by atoms with Crippen molar-refractivity contribution in [3.8, 4) is 0 Å². The number of rotatable bonds is 2. The van der Waals surface area contributed by atoms with Crippen LogP contribution < -0.4 is 14.8 Å². The molecule has 0 bridgehead atoms. The first kappa shape index (κ1) is 15.8. The molecule has 0 radical (unpaired) electrons. The van der Waals surface area contributed by atoms with Gasteiger partial charge in [-0.2, -0.15) is 0 Å². The first-order chi connectivity index (χ1) is 12.1. The minimum atomic E-state index is -0.153. The predicted octanol–water partition coefficient (Wildman–Crippen LogP) is 2.52. The molecule has 25 heavy (non-hydrogen) atoms. The second-order valence-electron chi connectivity index (χ2n) is 6.05. The van der Waals surface area contributed by atoms with E-state index in [1.807, 2.05) is 61.5 Å². The number of Topliss-reactive ketones (excluding diaryl/α,β-unsaturated/α-hetero) is 1. The van der Waals surface area contributed by atoms with Crippen molar-refractivity contribution < 1.29 is 4.79 Å². The summed E-state index contributed by atoms with van der Waals surface area (Å²) in [5, 5.41) is 0. The second-order valence-corrected chi connectivity index (χ2v) is 7.14. The maximum atomic E-state index is 13.2. The van der Waals surface area contributed by atoms with Crippen LogP contribution in [0.5, 0.6) is 0 Å². The third-order valence-corrected chi connectivity index (χ3v) is 5.73. The van der Waals surface area contributed by atoms with Crippen molar-refractivity contribution in [2.45, 2.75) is 19.4 Å². The van der Waals surface area contributed by atoms with Gasteiger partial charge in [-0.3, -0.25) is 14.2 Å². The Bertz CT molecular complexity index is 1140.